The highest BCUT2D eigenvalue weighted by Gasteiger charge is 2.23. The van der Waals surface area contributed by atoms with Crippen molar-refractivity contribution >= 4 is 67.7 Å². The number of halogens is 1. The maximum atomic E-state index is 12.1. The normalized spacial score (nSPS) is 15.4. The Morgan fingerprint density at radius 1 is 1.40 bits per heavy atom. The van der Waals surface area contributed by atoms with Crippen LogP contribution >= 0.6 is 46.1 Å². The van der Waals surface area contributed by atoms with Crippen molar-refractivity contribution in [2.45, 2.75) is 27.2 Å². The third kappa shape index (κ3) is 5.75. The van der Waals surface area contributed by atoms with Crippen LogP contribution in [0.1, 0.15) is 32.8 Å². The second-order valence-corrected chi connectivity index (χ2v) is 8.47. The molecular weight excluding hydrogens is 473 g/mol. The Morgan fingerprint density at radius 2 is 2.16 bits per heavy atom. The van der Waals surface area contributed by atoms with E-state index < -0.39 is 5.97 Å². The molecule has 1 aromatic rings. The number of aliphatic imine (C=N–C) groups is 1. The van der Waals surface area contributed by atoms with Gasteiger partial charge in [0.1, 0.15) is 10.1 Å². The summed E-state index contributed by atoms with van der Waals surface area (Å²) < 4.78 is 12.3. The molecule has 0 aliphatic carbocycles. The Bertz CT molecular complexity index is 746. The van der Waals surface area contributed by atoms with E-state index in [1.54, 1.807) is 23.9 Å². The Kier molecular flexibility index (Phi) is 7.82. The minimum atomic E-state index is -0.408. The van der Waals surface area contributed by atoms with E-state index >= 15 is 0 Å². The maximum absolute atomic E-state index is 12.1. The van der Waals surface area contributed by atoms with Crippen molar-refractivity contribution in [3.05, 3.63) is 27.0 Å². The highest BCUT2D eigenvalue weighted by atomic mass is 127. The van der Waals surface area contributed by atoms with Crippen LogP contribution in [0.2, 0.25) is 0 Å². The fourth-order valence-electron chi connectivity index (χ4n) is 1.98. The fraction of sp³-hybridized carbons (Fsp3) is 0.353. The highest BCUT2D eigenvalue weighted by Crippen LogP contribution is 2.36. The molecule has 0 N–H and O–H groups in total. The molecule has 0 amide bonds. The first kappa shape index (κ1) is 20.3. The van der Waals surface area contributed by atoms with Crippen LogP contribution in [0.5, 0.6) is 11.5 Å². The van der Waals surface area contributed by atoms with Gasteiger partial charge >= 0.3 is 5.97 Å². The van der Waals surface area contributed by atoms with E-state index in [-0.39, 0.29) is 5.12 Å². The Hall–Kier alpha value is -1.000. The summed E-state index contributed by atoms with van der Waals surface area (Å²) in [6.45, 7) is 5.73. The first-order valence-corrected chi connectivity index (χ1v) is 10.6. The fourth-order valence-corrected chi connectivity index (χ4v) is 4.48. The second kappa shape index (κ2) is 9.63. The van der Waals surface area contributed by atoms with Crippen LogP contribution in [0.3, 0.4) is 0 Å². The molecule has 0 aromatic heterocycles. The SMILES string of the molecule is CCCSC1=N/C(=C\c2cc(I)c(OC(C)=O)c(OCC)c2)C(=O)S1. The predicted molar refractivity (Wildman–Crippen MR) is 112 cm³/mol. The smallest absolute Gasteiger partial charge is 0.308 e. The van der Waals surface area contributed by atoms with Crippen molar-refractivity contribution in [1.29, 1.82) is 0 Å². The van der Waals surface area contributed by atoms with Gasteiger partial charge in [0, 0.05) is 6.92 Å². The summed E-state index contributed by atoms with van der Waals surface area (Å²) in [5.74, 6) is 1.40. The van der Waals surface area contributed by atoms with Crippen LogP contribution in [-0.4, -0.2) is 27.8 Å². The van der Waals surface area contributed by atoms with Crippen molar-refractivity contribution in [2.24, 2.45) is 4.99 Å². The lowest BCUT2D eigenvalue weighted by Crippen LogP contribution is -2.06. The average Bonchev–Trinajstić information content (AvgIpc) is 2.88. The molecule has 1 heterocycles. The molecule has 2 rings (SSSR count). The minimum Gasteiger partial charge on any atom is -0.490 e. The van der Waals surface area contributed by atoms with Crippen LogP contribution in [0.4, 0.5) is 0 Å². The molecule has 0 saturated heterocycles. The lowest BCUT2D eigenvalue weighted by Gasteiger charge is -2.12. The average molecular weight is 491 g/mol. The van der Waals surface area contributed by atoms with Crippen LogP contribution < -0.4 is 9.47 Å². The topological polar surface area (TPSA) is 65.0 Å². The van der Waals surface area contributed by atoms with Crippen LogP contribution in [0, 0.1) is 3.57 Å². The summed E-state index contributed by atoms with van der Waals surface area (Å²) in [5, 5.41) is -0.0596. The lowest BCUT2D eigenvalue weighted by molar-refractivity contribution is -0.132. The molecule has 0 unspecified atom stereocenters. The summed E-state index contributed by atoms with van der Waals surface area (Å²) in [5.41, 5.74) is 1.19. The number of nitrogens with zero attached hydrogens (tertiary/aromatic N) is 1. The molecule has 0 fully saturated rings. The minimum absolute atomic E-state index is 0.0596. The van der Waals surface area contributed by atoms with Crippen molar-refractivity contribution in [3.63, 3.8) is 0 Å². The number of esters is 1. The van der Waals surface area contributed by atoms with Gasteiger partial charge in [-0.2, -0.15) is 0 Å². The van der Waals surface area contributed by atoms with E-state index in [0.29, 0.717) is 23.8 Å². The third-order valence-electron chi connectivity index (χ3n) is 2.91. The molecule has 1 aromatic carbocycles. The first-order valence-electron chi connectivity index (χ1n) is 7.74. The Labute approximate surface area is 169 Å². The number of ether oxygens (including phenoxy) is 2. The van der Waals surface area contributed by atoms with Crippen molar-refractivity contribution < 1.29 is 19.1 Å². The zero-order valence-corrected chi connectivity index (χ0v) is 17.9. The number of hydrogen-bond acceptors (Lipinski definition) is 7. The van der Waals surface area contributed by atoms with Gasteiger partial charge in [0.2, 0.25) is 5.12 Å². The van der Waals surface area contributed by atoms with Gasteiger partial charge in [-0.05, 0) is 77.2 Å². The van der Waals surface area contributed by atoms with Gasteiger partial charge in [0.05, 0.1) is 10.2 Å². The first-order chi connectivity index (χ1) is 11.9. The van der Waals surface area contributed by atoms with Gasteiger partial charge in [-0.15, -0.1) is 0 Å². The molecule has 0 radical (unpaired) electrons. The predicted octanol–water partition coefficient (Wildman–Crippen LogP) is 4.73. The van der Waals surface area contributed by atoms with E-state index in [1.807, 2.05) is 13.0 Å². The van der Waals surface area contributed by atoms with E-state index in [4.69, 9.17) is 9.47 Å². The van der Waals surface area contributed by atoms with Gasteiger partial charge in [0.25, 0.3) is 0 Å². The summed E-state index contributed by atoms with van der Waals surface area (Å²) in [6.07, 6.45) is 2.77. The van der Waals surface area contributed by atoms with Crippen LogP contribution in [0.25, 0.3) is 6.08 Å². The molecular formula is C17H18INO4S2. The zero-order valence-electron chi connectivity index (χ0n) is 14.1. The highest BCUT2D eigenvalue weighted by molar-refractivity contribution is 14.1. The Morgan fingerprint density at radius 3 is 2.80 bits per heavy atom. The number of carbonyl (C=O) groups excluding carboxylic acids is 2. The van der Waals surface area contributed by atoms with E-state index in [9.17, 15) is 9.59 Å². The van der Waals surface area contributed by atoms with E-state index in [0.717, 1.165) is 25.7 Å². The van der Waals surface area contributed by atoms with Crippen LogP contribution in [-0.2, 0) is 9.59 Å². The van der Waals surface area contributed by atoms with Gasteiger partial charge in [-0.1, -0.05) is 18.7 Å². The summed E-state index contributed by atoms with van der Waals surface area (Å²) in [7, 11) is 0. The van der Waals surface area contributed by atoms with Crippen molar-refractivity contribution in [2.75, 3.05) is 12.4 Å². The lowest BCUT2D eigenvalue weighted by atomic mass is 10.1. The molecule has 8 heteroatoms. The molecule has 1 aliphatic rings. The largest absolute Gasteiger partial charge is 0.490 e. The Balaban J connectivity index is 2.34. The van der Waals surface area contributed by atoms with Crippen molar-refractivity contribution in [3.8, 4) is 11.5 Å². The molecule has 5 nitrogen and oxygen atoms in total. The monoisotopic (exact) mass is 491 g/mol. The molecule has 134 valence electrons. The summed E-state index contributed by atoms with van der Waals surface area (Å²) in [4.78, 5) is 27.8. The second-order valence-electron chi connectivity index (χ2n) is 5.00. The standard InChI is InChI=1S/C17H18INO4S2/c1-4-6-24-17-19-13(16(21)25-17)8-11-7-12(18)15(23-10(3)20)14(9-11)22-5-2/h7-9H,4-6H2,1-3H3/b13-8-. The number of hydrogen-bond donors (Lipinski definition) is 0. The van der Waals surface area contributed by atoms with Crippen molar-refractivity contribution in [1.82, 2.24) is 0 Å². The molecule has 0 spiro atoms. The number of rotatable bonds is 6. The quantitative estimate of drug-likeness (QED) is 0.248. The number of carbonyl (C=O) groups is 2. The van der Waals surface area contributed by atoms with Crippen LogP contribution in [0.15, 0.2) is 22.8 Å². The summed E-state index contributed by atoms with van der Waals surface area (Å²) in [6, 6.07) is 3.58. The molecule has 1 aliphatic heterocycles. The van der Waals surface area contributed by atoms with Gasteiger partial charge in [0.15, 0.2) is 11.5 Å². The summed E-state index contributed by atoms with van der Waals surface area (Å²) >= 11 is 4.84. The van der Waals surface area contributed by atoms with E-state index in [2.05, 4.69) is 34.5 Å². The van der Waals surface area contributed by atoms with Gasteiger partial charge in [-0.25, -0.2) is 4.99 Å². The molecule has 0 bridgehead atoms. The number of benzene rings is 1. The van der Waals surface area contributed by atoms with Gasteiger partial charge < -0.3 is 9.47 Å². The molecule has 0 saturated carbocycles. The molecule has 0 atom stereocenters. The zero-order chi connectivity index (χ0) is 18.4. The van der Waals surface area contributed by atoms with E-state index in [1.165, 1.54) is 18.7 Å². The third-order valence-corrected chi connectivity index (χ3v) is 5.93. The van der Waals surface area contributed by atoms with Gasteiger partial charge in [-0.3, -0.25) is 9.59 Å². The molecule has 25 heavy (non-hydrogen) atoms. The maximum Gasteiger partial charge on any atom is 0.308 e. The number of thioether (sulfide) groups is 2.